The lowest BCUT2D eigenvalue weighted by Gasteiger charge is -2.42. The Bertz CT molecular complexity index is 480. The fourth-order valence-electron chi connectivity index (χ4n) is 2.16. The Morgan fingerprint density at radius 2 is 1.82 bits per heavy atom. The Hall–Kier alpha value is -0.770. The van der Waals surface area contributed by atoms with Crippen molar-refractivity contribution in [2.24, 2.45) is 5.41 Å². The minimum absolute atomic E-state index is 0.0917. The predicted molar refractivity (Wildman–Crippen MR) is 88.9 cm³/mol. The molecule has 1 saturated heterocycles. The predicted octanol–water partition coefficient (Wildman–Crippen LogP) is 3.57. The van der Waals surface area contributed by atoms with Gasteiger partial charge in [0.25, 0.3) is 0 Å². The van der Waals surface area contributed by atoms with Crippen molar-refractivity contribution >= 4 is 8.09 Å². The molecule has 0 aromatic heterocycles. The van der Waals surface area contributed by atoms with Crippen molar-refractivity contribution in [3.05, 3.63) is 48.0 Å². The highest BCUT2D eigenvalue weighted by molar-refractivity contribution is 7.56. The molecule has 0 spiro atoms. The van der Waals surface area contributed by atoms with Gasteiger partial charge in [0.15, 0.2) is 0 Å². The summed E-state index contributed by atoms with van der Waals surface area (Å²) in [6, 6.07) is 9.99. The van der Waals surface area contributed by atoms with Gasteiger partial charge in [-0.05, 0) is 12.0 Å². The molecule has 0 unspecified atom stereocenters. The molecule has 1 aliphatic rings. The van der Waals surface area contributed by atoms with Crippen molar-refractivity contribution in [3.63, 3.8) is 0 Å². The van der Waals surface area contributed by atoms with E-state index < -0.39 is 8.09 Å². The molecular formula is C17H26NO3P. The van der Waals surface area contributed by atoms with Crippen molar-refractivity contribution in [1.82, 2.24) is 4.67 Å². The second-order valence-corrected chi connectivity index (χ2v) is 8.41. The summed E-state index contributed by atoms with van der Waals surface area (Å²) < 4.78 is 13.2. The Morgan fingerprint density at radius 1 is 1.18 bits per heavy atom. The van der Waals surface area contributed by atoms with E-state index in [1.54, 1.807) is 0 Å². The van der Waals surface area contributed by atoms with E-state index in [9.17, 15) is 4.89 Å². The number of rotatable bonds is 6. The van der Waals surface area contributed by atoms with Crippen LogP contribution in [0.4, 0.5) is 0 Å². The molecule has 1 aliphatic heterocycles. The Kier molecular flexibility index (Phi) is 6.13. The topological polar surface area (TPSA) is 44.8 Å². The number of hydrogen-bond donors (Lipinski definition) is 0. The molecule has 4 nitrogen and oxygen atoms in total. The summed E-state index contributed by atoms with van der Waals surface area (Å²) in [7, 11) is -3.23. The monoisotopic (exact) mass is 323 g/mol. The largest absolute Gasteiger partial charge is 0.616 e. The molecule has 0 bridgehead atoms. The standard InChI is InChI=1S/C17H26NO3P/c1-4-5-9-12-18(13-16-10-7-6-8-11-16)22(19)20-14-17(2,3)15-21-22/h5-11H,4,12-15H2,1-3H3/b9-5+. The van der Waals surface area contributed by atoms with E-state index in [2.05, 4.69) is 26.8 Å². The van der Waals surface area contributed by atoms with Crippen LogP contribution in [0, 0.1) is 5.41 Å². The molecule has 5 heteroatoms. The van der Waals surface area contributed by atoms with Crippen molar-refractivity contribution in [1.29, 1.82) is 0 Å². The van der Waals surface area contributed by atoms with E-state index in [-0.39, 0.29) is 5.41 Å². The molecular weight excluding hydrogens is 297 g/mol. The van der Waals surface area contributed by atoms with Crippen LogP contribution in [0.1, 0.15) is 32.8 Å². The molecule has 2 rings (SSSR count). The molecule has 1 heterocycles. The molecule has 0 amide bonds. The van der Waals surface area contributed by atoms with Crippen LogP contribution < -0.4 is 4.89 Å². The van der Waals surface area contributed by atoms with Crippen LogP contribution in [0.15, 0.2) is 42.5 Å². The summed E-state index contributed by atoms with van der Waals surface area (Å²) in [5.74, 6) is 0. The first-order valence-corrected chi connectivity index (χ1v) is 9.28. The Labute approximate surface area is 134 Å². The van der Waals surface area contributed by atoms with E-state index in [0.29, 0.717) is 26.3 Å². The van der Waals surface area contributed by atoms with Crippen molar-refractivity contribution in [3.8, 4) is 0 Å². The molecule has 0 N–H and O–H groups in total. The maximum Gasteiger partial charge on any atom is 0.315 e. The summed E-state index contributed by atoms with van der Waals surface area (Å²) in [6.07, 6.45) is 5.05. The smallest absolute Gasteiger partial charge is 0.315 e. The van der Waals surface area contributed by atoms with Crippen molar-refractivity contribution < 1.29 is 13.9 Å². The highest BCUT2D eigenvalue weighted by Crippen LogP contribution is 2.60. The third-order valence-electron chi connectivity index (χ3n) is 3.51. The molecule has 122 valence electrons. The zero-order valence-corrected chi connectivity index (χ0v) is 14.6. The van der Waals surface area contributed by atoms with Gasteiger partial charge in [-0.15, -0.1) is 4.67 Å². The lowest BCUT2D eigenvalue weighted by Crippen LogP contribution is -2.42. The fraction of sp³-hybridized carbons (Fsp3) is 0.529. The van der Waals surface area contributed by atoms with E-state index in [1.807, 2.05) is 41.1 Å². The number of benzene rings is 1. The first-order chi connectivity index (χ1) is 10.5. The maximum atomic E-state index is 13.1. The van der Waals surface area contributed by atoms with Crippen LogP contribution in [0.3, 0.4) is 0 Å². The zero-order valence-electron chi connectivity index (χ0n) is 13.7. The average Bonchev–Trinajstić information content (AvgIpc) is 2.51. The third-order valence-corrected chi connectivity index (χ3v) is 5.42. The molecule has 0 atom stereocenters. The first kappa shape index (κ1) is 17.6. The number of allylic oxidation sites excluding steroid dienone is 1. The molecule has 0 aliphatic carbocycles. The summed E-state index contributed by atoms with van der Waals surface area (Å²) >= 11 is 0. The van der Waals surface area contributed by atoms with Gasteiger partial charge in [-0.3, -0.25) is 0 Å². The fourth-order valence-corrected chi connectivity index (χ4v) is 4.22. The highest BCUT2D eigenvalue weighted by atomic mass is 31.2. The van der Waals surface area contributed by atoms with Crippen LogP contribution in [-0.4, -0.2) is 24.4 Å². The first-order valence-electron chi connectivity index (χ1n) is 7.79. The molecule has 1 aromatic rings. The van der Waals surface area contributed by atoms with Gasteiger partial charge < -0.3 is 4.89 Å². The molecule has 1 fully saturated rings. The molecule has 0 saturated carbocycles. The highest BCUT2D eigenvalue weighted by Gasteiger charge is 2.46. The van der Waals surface area contributed by atoms with Crippen LogP contribution in [0.25, 0.3) is 0 Å². The quantitative estimate of drug-likeness (QED) is 0.593. The molecule has 1 aromatic carbocycles. The minimum Gasteiger partial charge on any atom is -0.616 e. The van der Waals surface area contributed by atoms with Gasteiger partial charge in [-0.25, -0.2) is 0 Å². The van der Waals surface area contributed by atoms with Gasteiger partial charge in [0.1, 0.15) is 13.2 Å². The van der Waals surface area contributed by atoms with Crippen LogP contribution >= 0.6 is 8.09 Å². The van der Waals surface area contributed by atoms with Crippen molar-refractivity contribution in [2.45, 2.75) is 33.7 Å². The average molecular weight is 323 g/mol. The van der Waals surface area contributed by atoms with Gasteiger partial charge in [0.05, 0.1) is 13.1 Å². The normalized spacial score (nSPS) is 20.6. The molecule has 0 radical (unpaired) electrons. The van der Waals surface area contributed by atoms with E-state index in [4.69, 9.17) is 9.05 Å². The van der Waals surface area contributed by atoms with Crippen LogP contribution in [-0.2, 0) is 15.6 Å². The Morgan fingerprint density at radius 3 is 2.41 bits per heavy atom. The minimum atomic E-state index is -3.23. The second kappa shape index (κ2) is 7.67. The maximum absolute atomic E-state index is 13.1. The van der Waals surface area contributed by atoms with Gasteiger partial charge >= 0.3 is 8.09 Å². The van der Waals surface area contributed by atoms with Crippen LogP contribution in [0.2, 0.25) is 0 Å². The van der Waals surface area contributed by atoms with Crippen molar-refractivity contribution in [2.75, 3.05) is 19.8 Å². The van der Waals surface area contributed by atoms with E-state index in [0.717, 1.165) is 12.0 Å². The van der Waals surface area contributed by atoms with Gasteiger partial charge in [-0.2, -0.15) is 9.05 Å². The second-order valence-electron chi connectivity index (χ2n) is 6.39. The van der Waals surface area contributed by atoms with Gasteiger partial charge in [-0.1, -0.05) is 63.3 Å². The zero-order chi connectivity index (χ0) is 16.1. The van der Waals surface area contributed by atoms with Gasteiger partial charge in [0, 0.05) is 5.41 Å². The summed E-state index contributed by atoms with van der Waals surface area (Å²) in [4.78, 5) is 13.1. The SMILES string of the molecule is CC/C=C/CN(Cc1ccccc1)[P+]1([O-])OCC(C)(C)CO1. The Balaban J connectivity index is 2.11. The summed E-state index contributed by atoms with van der Waals surface area (Å²) in [5, 5.41) is 0. The lowest BCUT2D eigenvalue weighted by atomic mass is 9.97. The van der Waals surface area contributed by atoms with E-state index >= 15 is 0 Å². The molecule has 22 heavy (non-hydrogen) atoms. The van der Waals surface area contributed by atoms with E-state index in [1.165, 1.54) is 0 Å². The summed E-state index contributed by atoms with van der Waals surface area (Å²) in [5.41, 5.74) is 1.01. The van der Waals surface area contributed by atoms with Crippen LogP contribution in [0.5, 0.6) is 0 Å². The number of hydrogen-bond acceptors (Lipinski definition) is 4. The van der Waals surface area contributed by atoms with Gasteiger partial charge in [0.2, 0.25) is 0 Å². The number of nitrogens with zero attached hydrogens (tertiary/aromatic N) is 1. The lowest BCUT2D eigenvalue weighted by molar-refractivity contribution is -0.249. The summed E-state index contributed by atoms with van der Waals surface area (Å²) in [6.45, 7) is 8.19. The third kappa shape index (κ3) is 4.87.